The second-order valence-electron chi connectivity index (χ2n) is 6.39. The predicted molar refractivity (Wildman–Crippen MR) is 105 cm³/mol. The number of benzene rings is 2. The molecule has 0 saturated heterocycles. The molecule has 1 N–H and O–H groups in total. The van der Waals surface area contributed by atoms with Gasteiger partial charge < -0.3 is 10.1 Å². The lowest BCUT2D eigenvalue weighted by Gasteiger charge is -2.26. The maximum atomic E-state index is 12.2. The number of fused-ring (bicyclic) bond motifs is 1. The number of rotatable bonds is 7. The highest BCUT2D eigenvalue weighted by molar-refractivity contribution is 8.00. The highest BCUT2D eigenvalue weighted by atomic mass is 32.2. The number of hydrogen-bond acceptors (Lipinski definition) is 6. The molecule has 0 aromatic heterocycles. The molecule has 0 bridgehead atoms. The van der Waals surface area contributed by atoms with Crippen molar-refractivity contribution in [2.24, 2.45) is 0 Å². The molecule has 0 saturated carbocycles. The van der Waals surface area contributed by atoms with E-state index in [0.717, 1.165) is 36.6 Å². The van der Waals surface area contributed by atoms with Gasteiger partial charge in [0.2, 0.25) is 0 Å². The largest absolute Gasteiger partial charge is 0.455 e. The van der Waals surface area contributed by atoms with Gasteiger partial charge in [0.05, 0.1) is 21.6 Å². The molecule has 0 radical (unpaired) electrons. The molecular formula is C20H20N2O5S. The number of aryl methyl sites for hydroxylation is 1. The number of nitrogens with one attached hydrogen (secondary N) is 1. The number of carbonyl (C=O) groups is 2. The zero-order valence-electron chi connectivity index (χ0n) is 15.1. The minimum atomic E-state index is -0.595. The Bertz CT molecular complexity index is 886. The van der Waals surface area contributed by atoms with Crippen LogP contribution < -0.4 is 5.32 Å². The van der Waals surface area contributed by atoms with Gasteiger partial charge >= 0.3 is 5.97 Å². The Balaban J connectivity index is 1.47. The van der Waals surface area contributed by atoms with Gasteiger partial charge in [-0.3, -0.25) is 19.7 Å². The van der Waals surface area contributed by atoms with E-state index < -0.39 is 10.9 Å². The number of carbonyl (C=O) groups excluding carboxylic acids is 2. The quantitative estimate of drug-likeness (QED) is 0.331. The summed E-state index contributed by atoms with van der Waals surface area (Å²) in [7, 11) is 0. The Morgan fingerprint density at radius 3 is 2.75 bits per heavy atom. The first-order chi connectivity index (χ1) is 13.5. The van der Waals surface area contributed by atoms with E-state index in [0.29, 0.717) is 4.90 Å². The van der Waals surface area contributed by atoms with Gasteiger partial charge in [-0.2, -0.15) is 0 Å². The predicted octanol–water partition coefficient (Wildman–Crippen LogP) is 3.42. The number of amides is 1. The minimum Gasteiger partial charge on any atom is -0.455 e. The maximum Gasteiger partial charge on any atom is 0.316 e. The van der Waals surface area contributed by atoms with Crippen LogP contribution in [0.5, 0.6) is 0 Å². The van der Waals surface area contributed by atoms with Crippen molar-refractivity contribution in [2.75, 3.05) is 12.4 Å². The van der Waals surface area contributed by atoms with Gasteiger partial charge in [-0.25, -0.2) is 0 Å². The number of hydrogen-bond donors (Lipinski definition) is 1. The second-order valence-corrected chi connectivity index (χ2v) is 7.40. The number of nitrogens with zero attached hydrogens (tertiary/aromatic N) is 1. The number of ether oxygens (including phenoxy) is 1. The number of nitro groups is 1. The van der Waals surface area contributed by atoms with Crippen LogP contribution in [0.25, 0.3) is 0 Å². The Kier molecular flexibility index (Phi) is 6.65. The van der Waals surface area contributed by atoms with Crippen molar-refractivity contribution in [3.63, 3.8) is 0 Å². The van der Waals surface area contributed by atoms with Gasteiger partial charge in [-0.15, -0.1) is 11.8 Å². The Hall–Kier alpha value is -2.87. The summed E-state index contributed by atoms with van der Waals surface area (Å²) in [4.78, 5) is 34.9. The number of para-hydroxylation sites is 1. The van der Waals surface area contributed by atoms with E-state index in [1.165, 1.54) is 11.6 Å². The molecule has 2 aromatic rings. The van der Waals surface area contributed by atoms with Crippen LogP contribution in [-0.2, 0) is 20.7 Å². The zero-order valence-corrected chi connectivity index (χ0v) is 15.9. The molecule has 2 aromatic carbocycles. The zero-order chi connectivity index (χ0) is 19.9. The van der Waals surface area contributed by atoms with Crippen LogP contribution in [0.3, 0.4) is 0 Å². The average Bonchev–Trinajstić information content (AvgIpc) is 2.71. The summed E-state index contributed by atoms with van der Waals surface area (Å²) in [6.07, 6.45) is 2.85. The van der Waals surface area contributed by atoms with Gasteiger partial charge in [-0.1, -0.05) is 36.4 Å². The molecule has 0 spiro atoms. The van der Waals surface area contributed by atoms with Crippen molar-refractivity contribution in [1.29, 1.82) is 0 Å². The first-order valence-corrected chi connectivity index (χ1v) is 9.92. The molecule has 0 aliphatic heterocycles. The third-order valence-electron chi connectivity index (χ3n) is 4.48. The van der Waals surface area contributed by atoms with Crippen LogP contribution in [0.15, 0.2) is 53.4 Å². The number of esters is 1. The molecule has 0 heterocycles. The molecule has 7 nitrogen and oxygen atoms in total. The molecular weight excluding hydrogens is 380 g/mol. The van der Waals surface area contributed by atoms with Crippen LogP contribution >= 0.6 is 11.8 Å². The first kappa shape index (κ1) is 19.9. The van der Waals surface area contributed by atoms with Gasteiger partial charge in [0.1, 0.15) is 0 Å². The molecule has 1 amide bonds. The molecule has 3 rings (SSSR count). The summed E-state index contributed by atoms with van der Waals surface area (Å²) in [5.74, 6) is -1.06. The van der Waals surface area contributed by atoms with E-state index >= 15 is 0 Å². The Labute approximate surface area is 166 Å². The monoisotopic (exact) mass is 400 g/mol. The van der Waals surface area contributed by atoms with E-state index in [1.807, 2.05) is 18.2 Å². The molecule has 1 atom stereocenters. The van der Waals surface area contributed by atoms with Crippen molar-refractivity contribution in [1.82, 2.24) is 5.32 Å². The van der Waals surface area contributed by atoms with Crippen LogP contribution in [0.1, 0.15) is 30.0 Å². The van der Waals surface area contributed by atoms with Crippen molar-refractivity contribution in [3.05, 3.63) is 69.8 Å². The lowest BCUT2D eigenvalue weighted by Crippen LogP contribution is -2.34. The topological polar surface area (TPSA) is 98.5 Å². The molecule has 146 valence electrons. The third kappa shape index (κ3) is 5.10. The van der Waals surface area contributed by atoms with E-state index in [4.69, 9.17) is 4.74 Å². The van der Waals surface area contributed by atoms with Gasteiger partial charge in [0.25, 0.3) is 11.6 Å². The van der Waals surface area contributed by atoms with Gasteiger partial charge in [0.15, 0.2) is 6.61 Å². The third-order valence-corrected chi connectivity index (χ3v) is 5.51. The highest BCUT2D eigenvalue weighted by Gasteiger charge is 2.22. The fourth-order valence-electron chi connectivity index (χ4n) is 3.19. The van der Waals surface area contributed by atoms with Crippen molar-refractivity contribution < 1.29 is 19.2 Å². The van der Waals surface area contributed by atoms with Crippen molar-refractivity contribution >= 4 is 29.3 Å². The lowest BCUT2D eigenvalue weighted by atomic mass is 9.88. The number of nitro benzene ring substituents is 1. The molecule has 1 aliphatic carbocycles. The minimum absolute atomic E-state index is 0.0611. The molecule has 1 aliphatic rings. The SMILES string of the molecule is O=C(COC(=O)CSc1ccccc1[N+](=O)[O-])N[C@H]1CCCc2ccccc21. The first-order valence-electron chi connectivity index (χ1n) is 8.93. The molecule has 28 heavy (non-hydrogen) atoms. The normalized spacial score (nSPS) is 15.4. The van der Waals surface area contributed by atoms with E-state index in [1.54, 1.807) is 18.2 Å². The fraction of sp³-hybridized carbons (Fsp3) is 0.300. The van der Waals surface area contributed by atoms with Crippen LogP contribution in [0.2, 0.25) is 0 Å². The summed E-state index contributed by atoms with van der Waals surface area (Å²) in [6.45, 7) is -0.366. The molecule has 0 unspecified atom stereocenters. The van der Waals surface area contributed by atoms with E-state index in [9.17, 15) is 19.7 Å². The van der Waals surface area contributed by atoms with Crippen LogP contribution in [-0.4, -0.2) is 29.2 Å². The van der Waals surface area contributed by atoms with E-state index in [-0.39, 0.29) is 30.0 Å². The van der Waals surface area contributed by atoms with E-state index in [2.05, 4.69) is 11.4 Å². The van der Waals surface area contributed by atoms with Gasteiger partial charge in [0, 0.05) is 6.07 Å². The average molecular weight is 400 g/mol. The molecule has 8 heteroatoms. The Morgan fingerprint density at radius 1 is 1.18 bits per heavy atom. The summed E-state index contributed by atoms with van der Waals surface area (Å²) in [6, 6.07) is 14.1. The maximum absolute atomic E-state index is 12.2. The summed E-state index contributed by atoms with van der Waals surface area (Å²) in [5.41, 5.74) is 2.28. The van der Waals surface area contributed by atoms with Crippen molar-refractivity contribution in [2.45, 2.75) is 30.2 Å². The summed E-state index contributed by atoms with van der Waals surface area (Å²) < 4.78 is 5.01. The molecule has 0 fully saturated rings. The van der Waals surface area contributed by atoms with Gasteiger partial charge in [-0.05, 0) is 36.5 Å². The lowest BCUT2D eigenvalue weighted by molar-refractivity contribution is -0.387. The van der Waals surface area contributed by atoms with Crippen molar-refractivity contribution in [3.8, 4) is 0 Å². The second kappa shape index (κ2) is 9.36. The smallest absolute Gasteiger partial charge is 0.316 e. The highest BCUT2D eigenvalue weighted by Crippen LogP contribution is 2.30. The van der Waals surface area contributed by atoms with Crippen LogP contribution in [0, 0.1) is 10.1 Å². The summed E-state index contributed by atoms with van der Waals surface area (Å²) in [5, 5.41) is 13.9. The summed E-state index contributed by atoms with van der Waals surface area (Å²) >= 11 is 1.01. The standard InChI is InChI=1S/C20H20N2O5S/c23-19(21-16-9-5-7-14-6-1-2-8-15(14)16)12-27-20(24)13-28-18-11-4-3-10-17(18)22(25)26/h1-4,6,8,10-11,16H,5,7,9,12-13H2,(H,21,23)/t16-/m0/s1. The Morgan fingerprint density at radius 2 is 1.93 bits per heavy atom. The van der Waals surface area contributed by atoms with Crippen LogP contribution in [0.4, 0.5) is 5.69 Å². The fourth-order valence-corrected chi connectivity index (χ4v) is 4.02. The number of thioether (sulfide) groups is 1.